The molecule has 7 heteroatoms. The molecule has 1 fully saturated rings. The van der Waals surface area contributed by atoms with Crippen molar-refractivity contribution in [2.75, 3.05) is 24.6 Å². The molecular weight excluding hydrogens is 348 g/mol. The Morgan fingerprint density at radius 2 is 2.07 bits per heavy atom. The number of carboxylic acid groups (broad SMARTS) is 1. The van der Waals surface area contributed by atoms with Crippen molar-refractivity contribution in [3.8, 4) is 0 Å². The fraction of sp³-hybridized carbons (Fsp3) is 0.400. The van der Waals surface area contributed by atoms with E-state index in [-0.39, 0.29) is 19.1 Å². The number of carboxylic acids is 1. The highest BCUT2D eigenvalue weighted by molar-refractivity contribution is 5.95. The molecule has 2 aliphatic heterocycles. The number of furan rings is 1. The lowest BCUT2D eigenvalue weighted by Crippen LogP contribution is -2.48. The summed E-state index contributed by atoms with van der Waals surface area (Å²) in [7, 11) is 0. The van der Waals surface area contributed by atoms with Crippen LogP contribution in [0.3, 0.4) is 0 Å². The minimum absolute atomic E-state index is 0.0434. The van der Waals surface area contributed by atoms with Crippen LogP contribution in [0, 0.1) is 0 Å². The van der Waals surface area contributed by atoms with Crippen molar-refractivity contribution in [3.05, 3.63) is 53.5 Å². The number of hydrogen-bond acceptors (Lipinski definition) is 5. The van der Waals surface area contributed by atoms with Crippen LogP contribution in [-0.2, 0) is 22.5 Å². The van der Waals surface area contributed by atoms with Crippen LogP contribution < -0.4 is 4.90 Å². The topological polar surface area (TPSA) is 83.2 Å². The van der Waals surface area contributed by atoms with E-state index < -0.39 is 12.1 Å². The highest BCUT2D eigenvalue weighted by atomic mass is 16.5. The largest absolute Gasteiger partial charge is 0.479 e. The Bertz CT molecular complexity index is 862. The Hall–Kier alpha value is -2.80. The van der Waals surface area contributed by atoms with Gasteiger partial charge in [-0.3, -0.25) is 4.79 Å². The Balaban J connectivity index is 1.53. The standard InChI is InChI=1S/C20H22N2O5/c1-13-10-14-4-2-3-5-16(14)22(13)12-17-15(6-8-26-17)19(23)21-7-9-27-18(11-21)20(24)25/h2-6,8,13,18H,7,9-12H2,1H3,(H,24,25)/t13-,18-/m0/s1. The van der Waals surface area contributed by atoms with Gasteiger partial charge in [0.05, 0.1) is 31.5 Å². The summed E-state index contributed by atoms with van der Waals surface area (Å²) in [6.07, 6.45) is 1.50. The first-order valence-corrected chi connectivity index (χ1v) is 9.09. The average molecular weight is 370 g/mol. The van der Waals surface area contributed by atoms with E-state index >= 15 is 0 Å². The predicted octanol–water partition coefficient (Wildman–Crippen LogP) is 2.16. The number of aliphatic carboxylic acids is 1. The Kier molecular flexibility index (Phi) is 4.61. The van der Waals surface area contributed by atoms with Gasteiger partial charge in [-0.05, 0) is 31.0 Å². The van der Waals surface area contributed by atoms with E-state index in [2.05, 4.69) is 24.0 Å². The van der Waals surface area contributed by atoms with Crippen molar-refractivity contribution in [3.63, 3.8) is 0 Å². The van der Waals surface area contributed by atoms with Crippen LogP contribution in [-0.4, -0.2) is 53.7 Å². The summed E-state index contributed by atoms with van der Waals surface area (Å²) in [5.41, 5.74) is 2.94. The van der Waals surface area contributed by atoms with Gasteiger partial charge in [0.25, 0.3) is 5.91 Å². The summed E-state index contributed by atoms with van der Waals surface area (Å²) in [4.78, 5) is 27.9. The lowest BCUT2D eigenvalue weighted by atomic mass is 10.1. The molecule has 27 heavy (non-hydrogen) atoms. The molecule has 142 valence electrons. The number of para-hydroxylation sites is 1. The van der Waals surface area contributed by atoms with Crippen LogP contribution in [0.1, 0.15) is 28.6 Å². The first kappa shape index (κ1) is 17.6. The van der Waals surface area contributed by atoms with Crippen molar-refractivity contribution in [1.82, 2.24) is 4.90 Å². The van der Waals surface area contributed by atoms with Gasteiger partial charge >= 0.3 is 5.97 Å². The van der Waals surface area contributed by atoms with Crippen LogP contribution in [0.15, 0.2) is 41.0 Å². The second kappa shape index (κ2) is 7.08. The zero-order valence-corrected chi connectivity index (χ0v) is 15.1. The molecule has 1 N–H and O–H groups in total. The SMILES string of the molecule is C[C@H]1Cc2ccccc2N1Cc1occc1C(=O)N1CCO[C@H](C(=O)O)C1. The minimum Gasteiger partial charge on any atom is -0.479 e. The van der Waals surface area contributed by atoms with Crippen molar-refractivity contribution in [2.24, 2.45) is 0 Å². The number of ether oxygens (including phenoxy) is 1. The zero-order chi connectivity index (χ0) is 19.0. The molecule has 0 bridgehead atoms. The quantitative estimate of drug-likeness (QED) is 0.888. The lowest BCUT2D eigenvalue weighted by Gasteiger charge is -2.31. The van der Waals surface area contributed by atoms with Crippen molar-refractivity contribution < 1.29 is 23.8 Å². The molecule has 1 aromatic heterocycles. The number of morpholine rings is 1. The van der Waals surface area contributed by atoms with E-state index in [1.54, 1.807) is 6.07 Å². The Morgan fingerprint density at radius 3 is 2.89 bits per heavy atom. The lowest BCUT2D eigenvalue weighted by molar-refractivity contribution is -0.154. The smallest absolute Gasteiger partial charge is 0.334 e. The zero-order valence-electron chi connectivity index (χ0n) is 15.1. The fourth-order valence-corrected chi connectivity index (χ4v) is 3.83. The van der Waals surface area contributed by atoms with E-state index in [4.69, 9.17) is 14.3 Å². The number of amides is 1. The number of anilines is 1. The van der Waals surface area contributed by atoms with Crippen LogP contribution in [0.4, 0.5) is 5.69 Å². The van der Waals surface area contributed by atoms with Crippen LogP contribution in [0.5, 0.6) is 0 Å². The van der Waals surface area contributed by atoms with Gasteiger partial charge in [-0.25, -0.2) is 4.79 Å². The van der Waals surface area contributed by atoms with Gasteiger partial charge in [0.1, 0.15) is 5.76 Å². The number of carbonyl (C=O) groups excluding carboxylic acids is 1. The third kappa shape index (κ3) is 3.30. The first-order valence-electron chi connectivity index (χ1n) is 9.09. The highest BCUT2D eigenvalue weighted by Crippen LogP contribution is 2.33. The summed E-state index contributed by atoms with van der Waals surface area (Å²) >= 11 is 0. The number of rotatable bonds is 4. The van der Waals surface area contributed by atoms with Gasteiger partial charge in [-0.1, -0.05) is 18.2 Å². The maximum absolute atomic E-state index is 12.9. The number of benzene rings is 1. The van der Waals surface area contributed by atoms with Gasteiger partial charge in [0.2, 0.25) is 0 Å². The summed E-state index contributed by atoms with van der Waals surface area (Å²) in [5.74, 6) is -0.669. The van der Waals surface area contributed by atoms with Crippen LogP contribution >= 0.6 is 0 Å². The monoisotopic (exact) mass is 370 g/mol. The van der Waals surface area contributed by atoms with Gasteiger partial charge in [0, 0.05) is 18.3 Å². The van der Waals surface area contributed by atoms with Gasteiger partial charge in [-0.15, -0.1) is 0 Å². The molecule has 0 aliphatic carbocycles. The molecule has 1 aromatic carbocycles. The maximum Gasteiger partial charge on any atom is 0.334 e. The minimum atomic E-state index is -1.05. The van der Waals surface area contributed by atoms with E-state index in [9.17, 15) is 9.59 Å². The summed E-state index contributed by atoms with van der Waals surface area (Å²) in [6.45, 7) is 3.28. The predicted molar refractivity (Wildman–Crippen MR) is 97.8 cm³/mol. The molecule has 2 atom stereocenters. The van der Waals surface area contributed by atoms with Crippen LogP contribution in [0.2, 0.25) is 0 Å². The molecule has 1 saturated heterocycles. The average Bonchev–Trinajstić information content (AvgIpc) is 3.26. The molecule has 0 spiro atoms. The van der Waals surface area contributed by atoms with Gasteiger partial charge in [0.15, 0.2) is 6.10 Å². The van der Waals surface area contributed by atoms with Crippen molar-refractivity contribution in [2.45, 2.75) is 32.0 Å². The van der Waals surface area contributed by atoms with Gasteiger partial charge < -0.3 is 24.1 Å². The summed E-state index contributed by atoms with van der Waals surface area (Å²) < 4.78 is 10.8. The third-order valence-corrected chi connectivity index (χ3v) is 5.27. The molecule has 0 unspecified atom stereocenters. The van der Waals surface area contributed by atoms with E-state index in [1.165, 1.54) is 16.7 Å². The normalized spacial score (nSPS) is 22.0. The van der Waals surface area contributed by atoms with Crippen LogP contribution in [0.25, 0.3) is 0 Å². The van der Waals surface area contributed by atoms with Crippen molar-refractivity contribution in [1.29, 1.82) is 0 Å². The maximum atomic E-state index is 12.9. The molecular formula is C20H22N2O5. The Labute approximate surface area is 157 Å². The van der Waals surface area contributed by atoms with E-state index in [1.807, 2.05) is 12.1 Å². The molecule has 1 amide bonds. The number of carbonyl (C=O) groups is 2. The molecule has 4 rings (SSSR count). The van der Waals surface area contributed by atoms with E-state index in [0.29, 0.717) is 30.5 Å². The van der Waals surface area contributed by atoms with Crippen molar-refractivity contribution >= 4 is 17.6 Å². The van der Waals surface area contributed by atoms with Gasteiger partial charge in [-0.2, -0.15) is 0 Å². The fourth-order valence-electron chi connectivity index (χ4n) is 3.83. The molecule has 2 aliphatic rings. The van der Waals surface area contributed by atoms with E-state index in [0.717, 1.165) is 12.1 Å². The summed E-state index contributed by atoms with van der Waals surface area (Å²) in [5, 5.41) is 9.15. The number of fused-ring (bicyclic) bond motifs is 1. The molecule has 0 saturated carbocycles. The Morgan fingerprint density at radius 1 is 1.26 bits per heavy atom. The third-order valence-electron chi connectivity index (χ3n) is 5.27. The number of nitrogens with zero attached hydrogens (tertiary/aromatic N) is 2. The number of hydrogen-bond donors (Lipinski definition) is 1. The molecule has 3 heterocycles. The second-order valence-corrected chi connectivity index (χ2v) is 7.02. The highest BCUT2D eigenvalue weighted by Gasteiger charge is 2.32. The second-order valence-electron chi connectivity index (χ2n) is 7.02. The molecule has 2 aromatic rings. The summed E-state index contributed by atoms with van der Waals surface area (Å²) in [6, 6.07) is 10.2. The molecule has 0 radical (unpaired) electrons. The molecule has 7 nitrogen and oxygen atoms in total. The first-order chi connectivity index (χ1) is 13.0.